The van der Waals surface area contributed by atoms with Crippen LogP contribution in [-0.4, -0.2) is 8.42 Å². The lowest BCUT2D eigenvalue weighted by Crippen LogP contribution is -2.13. The van der Waals surface area contributed by atoms with Crippen molar-refractivity contribution in [1.29, 1.82) is 0 Å². The van der Waals surface area contributed by atoms with Crippen molar-refractivity contribution in [3.63, 3.8) is 0 Å². The normalized spacial score (nSPS) is 11.5. The smallest absolute Gasteiger partial charge is 0.206 e. The minimum Gasteiger partial charge on any atom is -0.206 e. The molecule has 0 aliphatic carbocycles. The molecule has 0 aliphatic rings. The van der Waals surface area contributed by atoms with Gasteiger partial charge in [0.05, 0.1) is 5.02 Å². The van der Waals surface area contributed by atoms with E-state index in [1.54, 1.807) is 16.4 Å². The third-order valence-electron chi connectivity index (χ3n) is 1.23. The number of sulfonamides is 1. The molecule has 1 aromatic rings. The Labute approximate surface area is 80.5 Å². The van der Waals surface area contributed by atoms with Crippen LogP contribution < -0.4 is 4.24 Å². The van der Waals surface area contributed by atoms with Gasteiger partial charge in [0, 0.05) is 0 Å². The lowest BCUT2D eigenvalue weighted by atomic mass is 10.4. The molecule has 0 spiro atoms. The van der Waals surface area contributed by atoms with Crippen molar-refractivity contribution in [2.75, 3.05) is 0 Å². The van der Waals surface area contributed by atoms with Crippen molar-refractivity contribution >= 4 is 33.4 Å². The van der Waals surface area contributed by atoms with E-state index in [2.05, 4.69) is 0 Å². The summed E-state index contributed by atoms with van der Waals surface area (Å²) >= 11 is 10.6. The molecule has 0 aromatic heterocycles. The highest BCUT2D eigenvalue weighted by Gasteiger charge is 2.15. The highest BCUT2D eigenvalue weighted by atomic mass is 35.5. The maximum atomic E-state index is 11.1. The van der Waals surface area contributed by atoms with Crippen molar-refractivity contribution in [2.45, 2.75) is 4.90 Å². The van der Waals surface area contributed by atoms with Gasteiger partial charge in [-0.3, -0.25) is 0 Å². The van der Waals surface area contributed by atoms with Gasteiger partial charge in [-0.15, -0.1) is 4.24 Å². The molecule has 1 aromatic carbocycles. The van der Waals surface area contributed by atoms with Crippen molar-refractivity contribution in [3.8, 4) is 0 Å². The zero-order chi connectivity index (χ0) is 9.19. The van der Waals surface area contributed by atoms with Gasteiger partial charge in [-0.25, -0.2) is 8.42 Å². The number of hydrogen-bond donors (Lipinski definition) is 1. The molecule has 6 heteroatoms. The van der Waals surface area contributed by atoms with Crippen molar-refractivity contribution in [1.82, 2.24) is 4.24 Å². The molecule has 0 saturated carbocycles. The Morgan fingerprint density at radius 2 is 1.83 bits per heavy atom. The van der Waals surface area contributed by atoms with E-state index in [9.17, 15) is 8.42 Å². The average molecular weight is 226 g/mol. The Morgan fingerprint density at radius 1 is 1.25 bits per heavy atom. The van der Waals surface area contributed by atoms with Crippen molar-refractivity contribution in [3.05, 3.63) is 29.3 Å². The van der Waals surface area contributed by atoms with Gasteiger partial charge in [0.25, 0.3) is 10.0 Å². The van der Waals surface area contributed by atoms with Crippen LogP contribution in [0.1, 0.15) is 0 Å². The highest BCUT2D eigenvalue weighted by Crippen LogP contribution is 2.19. The van der Waals surface area contributed by atoms with Gasteiger partial charge >= 0.3 is 0 Å². The van der Waals surface area contributed by atoms with Crippen molar-refractivity contribution in [2.24, 2.45) is 0 Å². The van der Waals surface area contributed by atoms with Gasteiger partial charge < -0.3 is 0 Å². The first-order valence-electron chi connectivity index (χ1n) is 2.95. The molecule has 0 saturated heterocycles. The molecule has 0 atom stereocenters. The van der Waals surface area contributed by atoms with Crippen LogP contribution in [0.3, 0.4) is 0 Å². The Kier molecular flexibility index (Phi) is 2.95. The Hall–Kier alpha value is -0.290. The Balaban J connectivity index is 3.30. The minimum absolute atomic E-state index is 0.0262. The maximum Gasteiger partial charge on any atom is 0.255 e. The van der Waals surface area contributed by atoms with Gasteiger partial charge in [-0.05, 0) is 23.9 Å². The predicted octanol–water partition coefficient (Wildman–Crippen LogP) is 1.77. The molecule has 0 bridgehead atoms. The molecule has 0 unspecified atom stereocenters. The second kappa shape index (κ2) is 3.62. The molecule has 1 rings (SSSR count). The number of rotatable bonds is 2. The van der Waals surface area contributed by atoms with Crippen LogP contribution in [-0.2, 0) is 10.0 Å². The highest BCUT2D eigenvalue weighted by molar-refractivity contribution is 7.90. The zero-order valence-electron chi connectivity index (χ0n) is 5.79. The van der Waals surface area contributed by atoms with Gasteiger partial charge in [-0.1, -0.05) is 23.7 Å². The van der Waals surface area contributed by atoms with Crippen molar-refractivity contribution < 1.29 is 8.42 Å². The lowest BCUT2D eigenvalue weighted by Gasteiger charge is -2.01. The standard InChI is InChI=1S/C6H5Cl2NO2S/c7-5-3-1-2-4-6(5)12(10,11)9-8/h1-4,9H. The van der Waals surface area contributed by atoms with Crippen LogP contribution in [0, 0.1) is 0 Å². The Morgan fingerprint density at radius 3 is 2.33 bits per heavy atom. The van der Waals surface area contributed by atoms with E-state index in [1.165, 1.54) is 12.1 Å². The average Bonchev–Trinajstić information content (AvgIpc) is 2.05. The quantitative estimate of drug-likeness (QED) is 0.781. The number of halogens is 2. The van der Waals surface area contributed by atoms with E-state index in [-0.39, 0.29) is 9.92 Å². The van der Waals surface area contributed by atoms with Crippen LogP contribution in [0.5, 0.6) is 0 Å². The summed E-state index contributed by atoms with van der Waals surface area (Å²) in [6.07, 6.45) is 0. The van der Waals surface area contributed by atoms with E-state index in [0.717, 1.165) is 0 Å². The van der Waals surface area contributed by atoms with Crippen LogP contribution in [0.2, 0.25) is 5.02 Å². The summed E-state index contributed by atoms with van der Waals surface area (Å²) in [5, 5.41) is 0.144. The van der Waals surface area contributed by atoms with Gasteiger partial charge in [0.15, 0.2) is 0 Å². The second-order valence-electron chi connectivity index (χ2n) is 2.01. The third kappa shape index (κ3) is 1.90. The summed E-state index contributed by atoms with van der Waals surface area (Å²) in [7, 11) is -3.65. The SMILES string of the molecule is O=S(=O)(NCl)c1ccccc1Cl. The molecule has 0 amide bonds. The molecular weight excluding hydrogens is 221 g/mol. The van der Waals surface area contributed by atoms with E-state index in [0.29, 0.717) is 0 Å². The third-order valence-corrected chi connectivity index (χ3v) is 3.42. The van der Waals surface area contributed by atoms with Crippen LogP contribution >= 0.6 is 23.4 Å². The molecule has 3 nitrogen and oxygen atoms in total. The first-order valence-corrected chi connectivity index (χ1v) is 5.19. The molecular formula is C6H5Cl2NO2S. The molecule has 0 radical (unpaired) electrons. The topological polar surface area (TPSA) is 46.2 Å². The summed E-state index contributed by atoms with van der Waals surface area (Å²) in [5.41, 5.74) is 0. The maximum absolute atomic E-state index is 11.1. The van der Waals surface area contributed by atoms with Crippen LogP contribution in [0.15, 0.2) is 29.2 Å². The summed E-state index contributed by atoms with van der Waals surface area (Å²) < 4.78 is 23.8. The van der Waals surface area contributed by atoms with Gasteiger partial charge in [0.2, 0.25) is 0 Å². The molecule has 0 fully saturated rings. The summed E-state index contributed by atoms with van der Waals surface area (Å²) in [6, 6.07) is 6.04. The van der Waals surface area contributed by atoms with E-state index in [4.69, 9.17) is 23.4 Å². The largest absolute Gasteiger partial charge is 0.255 e. The second-order valence-corrected chi connectivity index (χ2v) is 4.48. The van der Waals surface area contributed by atoms with E-state index in [1.807, 2.05) is 0 Å². The van der Waals surface area contributed by atoms with Crippen LogP contribution in [0.25, 0.3) is 0 Å². The molecule has 1 N–H and O–H groups in total. The number of nitrogens with one attached hydrogen (secondary N) is 1. The molecule has 66 valence electrons. The summed E-state index contributed by atoms with van der Waals surface area (Å²) in [5.74, 6) is 0. The molecule has 0 aliphatic heterocycles. The fraction of sp³-hybridized carbons (Fsp3) is 0. The van der Waals surface area contributed by atoms with Crippen LogP contribution in [0.4, 0.5) is 0 Å². The fourth-order valence-corrected chi connectivity index (χ4v) is 2.06. The van der Waals surface area contributed by atoms with Gasteiger partial charge in [0.1, 0.15) is 4.90 Å². The fourth-order valence-electron chi connectivity index (χ4n) is 0.704. The van der Waals surface area contributed by atoms with E-state index >= 15 is 0 Å². The lowest BCUT2D eigenvalue weighted by molar-refractivity contribution is 0.594. The van der Waals surface area contributed by atoms with Gasteiger partial charge in [-0.2, -0.15) is 0 Å². The molecule has 12 heavy (non-hydrogen) atoms. The predicted molar refractivity (Wildman–Crippen MR) is 47.6 cm³/mol. The van der Waals surface area contributed by atoms with E-state index < -0.39 is 10.0 Å². The minimum atomic E-state index is -3.65. The summed E-state index contributed by atoms with van der Waals surface area (Å²) in [4.78, 5) is -0.0262. The first-order chi connectivity index (χ1) is 5.58. The Bertz CT molecular complexity index is 377. The number of hydrogen-bond acceptors (Lipinski definition) is 2. The molecule has 0 heterocycles. The summed E-state index contributed by atoms with van der Waals surface area (Å²) in [6.45, 7) is 0. The zero-order valence-corrected chi connectivity index (χ0v) is 8.12. The first kappa shape index (κ1) is 9.80. The number of benzene rings is 1. The monoisotopic (exact) mass is 225 g/mol.